The van der Waals surface area contributed by atoms with E-state index in [1.807, 2.05) is 0 Å². The molecule has 1 amide bonds. The van der Waals surface area contributed by atoms with Gasteiger partial charge in [-0.2, -0.15) is 0 Å². The Labute approximate surface area is 158 Å². The van der Waals surface area contributed by atoms with Gasteiger partial charge in [-0.25, -0.2) is 0 Å². The third kappa shape index (κ3) is 3.18. The van der Waals surface area contributed by atoms with Gasteiger partial charge in [0.2, 0.25) is 0 Å². The topological polar surface area (TPSA) is 29.1 Å². The Hall–Kier alpha value is -1.16. The van der Waals surface area contributed by atoms with Crippen LogP contribution in [0.1, 0.15) is 37.4 Å². The summed E-state index contributed by atoms with van der Waals surface area (Å²) in [7, 11) is 0. The van der Waals surface area contributed by atoms with Gasteiger partial charge in [-0.1, -0.05) is 0 Å². The molecule has 1 atom stereocenters. The van der Waals surface area contributed by atoms with Crippen molar-refractivity contribution >= 4 is 11.5 Å². The first kappa shape index (κ1) is 18.6. The summed E-state index contributed by atoms with van der Waals surface area (Å²) in [6.45, 7) is 8.59. The van der Waals surface area contributed by atoms with E-state index in [1.54, 1.807) is 0 Å². The molecular formula is C21H28NOSiTi. The van der Waals surface area contributed by atoms with E-state index in [1.165, 1.54) is 22.3 Å². The van der Waals surface area contributed by atoms with Crippen molar-refractivity contribution in [2.45, 2.75) is 48.9 Å². The molecule has 0 saturated heterocycles. The van der Waals surface area contributed by atoms with Crippen LogP contribution in [0.15, 0.2) is 48.5 Å². The molecule has 2 aromatic carbocycles. The van der Waals surface area contributed by atoms with Crippen LogP contribution in [0.4, 0.5) is 4.79 Å². The average molecular weight is 386 g/mol. The van der Waals surface area contributed by atoms with E-state index in [4.69, 9.17) is 0 Å². The number of nitrogens with one attached hydrogen (secondary N) is 1. The first-order chi connectivity index (χ1) is 11.7. The fraction of sp³-hybridized carbons (Fsp3) is 0.381. The molecule has 0 fully saturated rings. The summed E-state index contributed by atoms with van der Waals surface area (Å²) in [5.74, 6) is -2.19. The van der Waals surface area contributed by atoms with Crippen molar-refractivity contribution in [1.29, 1.82) is 0 Å². The standard InChI is InChI=1S/C19H22NOSi.2CH3.Ti/c1-19(2,3)20-18(21)22(4)17-15-11-7-5-9-13(15)14-10-6-8-12-16(14)17;;;/h5-12,17H,1-4H3,(H,20,21);2*1H3;. The van der Waals surface area contributed by atoms with E-state index >= 15 is 0 Å². The van der Waals surface area contributed by atoms with Gasteiger partial charge in [0, 0.05) is 0 Å². The minimum atomic E-state index is -2.19. The molecule has 25 heavy (non-hydrogen) atoms. The number of hydrogen-bond donors (Lipinski definition) is 1. The summed E-state index contributed by atoms with van der Waals surface area (Å²) in [4.78, 5) is 13.5. The van der Waals surface area contributed by atoms with Gasteiger partial charge in [-0.15, -0.1) is 0 Å². The third-order valence-electron chi connectivity index (χ3n) is 5.41. The molecule has 0 spiro atoms. The fourth-order valence-corrected chi connectivity index (χ4v) is 14.2. The van der Waals surface area contributed by atoms with E-state index < -0.39 is 23.1 Å². The van der Waals surface area contributed by atoms with Crippen LogP contribution in [-0.2, 0) is 17.1 Å². The van der Waals surface area contributed by atoms with Crippen LogP contribution in [0, 0.1) is 0 Å². The number of hydrogen-bond acceptors (Lipinski definition) is 1. The molecule has 1 unspecified atom stereocenters. The van der Waals surface area contributed by atoms with E-state index in [0.29, 0.717) is 5.53 Å². The Morgan fingerprint density at radius 3 is 1.80 bits per heavy atom. The number of carbonyl (C=O) groups excluding carboxylic acids is 1. The van der Waals surface area contributed by atoms with Gasteiger partial charge >= 0.3 is 158 Å². The molecule has 3 rings (SSSR count). The molecule has 2 nitrogen and oxygen atoms in total. The first-order valence-corrected chi connectivity index (χ1v) is 17.0. The van der Waals surface area contributed by atoms with Gasteiger partial charge in [-0.3, -0.25) is 0 Å². The van der Waals surface area contributed by atoms with Crippen molar-refractivity contribution in [3.8, 4) is 11.1 Å². The molecule has 0 aliphatic heterocycles. The summed E-state index contributed by atoms with van der Waals surface area (Å²) < 4.78 is 0. The van der Waals surface area contributed by atoms with Crippen molar-refractivity contribution in [2.75, 3.05) is 0 Å². The van der Waals surface area contributed by atoms with E-state index in [0.717, 1.165) is 0 Å². The maximum absolute atomic E-state index is 13.5. The molecule has 1 aliphatic rings. The molecule has 131 valence electrons. The molecule has 1 N–H and O–H groups in total. The number of fused-ring (bicyclic) bond motifs is 3. The van der Waals surface area contributed by atoms with Crippen LogP contribution in [0.5, 0.6) is 0 Å². The Kier molecular flexibility index (Phi) is 4.87. The number of rotatable bonds is 3. The number of amides is 1. The van der Waals surface area contributed by atoms with Gasteiger partial charge in [0.05, 0.1) is 0 Å². The second kappa shape index (κ2) is 6.53. The molecule has 2 aromatic rings. The molecule has 0 radical (unpaired) electrons. The molecule has 0 bridgehead atoms. The number of benzene rings is 2. The molecule has 4 heteroatoms. The monoisotopic (exact) mass is 386 g/mol. The minimum absolute atomic E-state index is 0.184. The Morgan fingerprint density at radius 1 is 0.960 bits per heavy atom. The fourth-order valence-electron chi connectivity index (χ4n) is 3.89. The van der Waals surface area contributed by atoms with Crippen molar-refractivity contribution in [3.05, 3.63) is 59.7 Å². The zero-order valence-corrected chi connectivity index (χ0v) is 18.7. The van der Waals surface area contributed by atoms with Crippen LogP contribution in [0.2, 0.25) is 17.0 Å². The summed E-state index contributed by atoms with van der Waals surface area (Å²) in [6, 6.07) is 17.4. The van der Waals surface area contributed by atoms with Gasteiger partial charge in [-0.05, 0) is 0 Å². The summed E-state index contributed by atoms with van der Waals surface area (Å²) >= 11 is -1.50. The summed E-state index contributed by atoms with van der Waals surface area (Å²) in [6.07, 6.45) is 0. The molecule has 0 saturated carbocycles. The third-order valence-corrected chi connectivity index (χ3v) is 22.5. The first-order valence-electron chi connectivity index (χ1n) is 8.97. The quantitative estimate of drug-likeness (QED) is 0.672. The van der Waals surface area contributed by atoms with Crippen LogP contribution in [0.3, 0.4) is 0 Å². The van der Waals surface area contributed by atoms with E-state index in [2.05, 4.69) is 91.6 Å². The average Bonchev–Trinajstić information content (AvgIpc) is 2.87. The zero-order chi connectivity index (χ0) is 18.4. The predicted molar refractivity (Wildman–Crippen MR) is 105 cm³/mol. The van der Waals surface area contributed by atoms with Crippen molar-refractivity contribution in [3.63, 3.8) is 0 Å². The SMILES string of the molecule is [CH3][Ti]([CH3])[Si](C)(C(=O)NC(C)(C)C)C1c2ccccc2-c2ccccc21. The van der Waals surface area contributed by atoms with Gasteiger partial charge in [0.15, 0.2) is 0 Å². The Morgan fingerprint density at radius 2 is 1.40 bits per heavy atom. The Bertz CT molecular complexity index is 766. The van der Waals surface area contributed by atoms with Gasteiger partial charge in [0.25, 0.3) is 0 Å². The molecule has 0 aromatic heterocycles. The van der Waals surface area contributed by atoms with E-state index in [9.17, 15) is 4.79 Å². The molecule has 1 aliphatic carbocycles. The predicted octanol–water partition coefficient (Wildman–Crippen LogP) is 5.72. The maximum atomic E-state index is 13.5. The number of carbonyl (C=O) groups is 1. The summed E-state index contributed by atoms with van der Waals surface area (Å²) in [5.41, 5.74) is 5.83. The van der Waals surface area contributed by atoms with Gasteiger partial charge in [0.1, 0.15) is 0 Å². The van der Waals surface area contributed by atoms with E-state index in [-0.39, 0.29) is 11.1 Å². The Balaban J connectivity index is 2.19. The summed E-state index contributed by atoms with van der Waals surface area (Å²) in [5, 5.41) is 8.12. The van der Waals surface area contributed by atoms with Gasteiger partial charge < -0.3 is 0 Å². The zero-order valence-electron chi connectivity index (χ0n) is 16.1. The van der Waals surface area contributed by atoms with Crippen molar-refractivity contribution < 1.29 is 21.9 Å². The second-order valence-electron chi connectivity index (χ2n) is 8.51. The van der Waals surface area contributed by atoms with Crippen LogP contribution < -0.4 is 5.32 Å². The van der Waals surface area contributed by atoms with Crippen molar-refractivity contribution in [1.82, 2.24) is 5.32 Å². The second-order valence-corrected chi connectivity index (χ2v) is 24.1. The van der Waals surface area contributed by atoms with Crippen LogP contribution in [0.25, 0.3) is 11.1 Å². The normalized spacial score (nSPS) is 15.9. The molecule has 0 heterocycles. The molecular weight excluding hydrogens is 358 g/mol. The van der Waals surface area contributed by atoms with Crippen molar-refractivity contribution in [2.24, 2.45) is 0 Å². The van der Waals surface area contributed by atoms with Crippen LogP contribution >= 0.6 is 0 Å². The van der Waals surface area contributed by atoms with Crippen LogP contribution in [-0.4, -0.2) is 17.0 Å².